The predicted molar refractivity (Wildman–Crippen MR) is 146 cm³/mol. The number of benzene rings is 1. The summed E-state index contributed by atoms with van der Waals surface area (Å²) in [5, 5.41) is 4.70. The molecule has 4 aromatic rings. The molecule has 0 spiro atoms. The quantitative estimate of drug-likeness (QED) is 0.383. The van der Waals surface area contributed by atoms with Crippen molar-refractivity contribution in [1.29, 1.82) is 0 Å². The van der Waals surface area contributed by atoms with Crippen molar-refractivity contribution in [3.8, 4) is 11.3 Å². The number of halogens is 1. The van der Waals surface area contributed by atoms with Gasteiger partial charge in [0.15, 0.2) is 0 Å². The Morgan fingerprint density at radius 1 is 1.14 bits per heavy atom. The van der Waals surface area contributed by atoms with Crippen LogP contribution in [0.2, 0.25) is 0 Å². The van der Waals surface area contributed by atoms with Gasteiger partial charge in [-0.05, 0) is 86.0 Å². The van der Waals surface area contributed by atoms with Gasteiger partial charge >= 0.3 is 0 Å². The van der Waals surface area contributed by atoms with Gasteiger partial charge in [-0.1, -0.05) is 6.07 Å². The number of nitrogens with two attached hydrogens (primary N) is 1. The van der Waals surface area contributed by atoms with Gasteiger partial charge in [0, 0.05) is 43.4 Å². The van der Waals surface area contributed by atoms with Crippen LogP contribution in [0.1, 0.15) is 36.3 Å². The summed E-state index contributed by atoms with van der Waals surface area (Å²) in [7, 11) is 1.73. The predicted octanol–water partition coefficient (Wildman–Crippen LogP) is 4.56. The number of anilines is 3. The van der Waals surface area contributed by atoms with E-state index >= 15 is 0 Å². The number of fused-ring (bicyclic) bond motifs is 1. The lowest BCUT2D eigenvalue weighted by molar-refractivity contribution is 0.204. The molecule has 1 saturated heterocycles. The molecule has 37 heavy (non-hydrogen) atoms. The van der Waals surface area contributed by atoms with Crippen LogP contribution in [0.3, 0.4) is 0 Å². The van der Waals surface area contributed by atoms with Gasteiger partial charge in [0.1, 0.15) is 5.82 Å². The molecule has 1 aliphatic rings. The maximum atomic E-state index is 13.1. The Hall–Kier alpha value is -3.85. The van der Waals surface area contributed by atoms with Crippen LogP contribution in [0.25, 0.3) is 22.0 Å². The van der Waals surface area contributed by atoms with Crippen molar-refractivity contribution in [3.05, 3.63) is 70.4 Å². The van der Waals surface area contributed by atoms with Gasteiger partial charge in [-0.25, -0.2) is 15.0 Å². The summed E-state index contributed by atoms with van der Waals surface area (Å²) in [5.41, 5.74) is 10.3. The zero-order chi connectivity index (χ0) is 25.9. The lowest BCUT2D eigenvalue weighted by Crippen LogP contribution is -2.34. The first-order valence-corrected chi connectivity index (χ1v) is 12.7. The summed E-state index contributed by atoms with van der Waals surface area (Å²) in [6, 6.07) is 10.1. The Morgan fingerprint density at radius 2 is 1.89 bits per heavy atom. The van der Waals surface area contributed by atoms with Crippen LogP contribution in [0.5, 0.6) is 0 Å². The summed E-state index contributed by atoms with van der Waals surface area (Å²) < 4.78 is 14.1. The van der Waals surface area contributed by atoms with Crippen molar-refractivity contribution in [2.24, 2.45) is 7.05 Å². The Labute approximate surface area is 215 Å². The zero-order valence-corrected chi connectivity index (χ0v) is 21.2. The minimum absolute atomic E-state index is 0.125. The number of hydrogen-bond acceptors (Lipinski definition) is 7. The molecule has 1 aromatic carbocycles. The van der Waals surface area contributed by atoms with Gasteiger partial charge in [0.05, 0.1) is 17.8 Å². The van der Waals surface area contributed by atoms with Crippen molar-refractivity contribution < 1.29 is 4.39 Å². The van der Waals surface area contributed by atoms with E-state index in [0.29, 0.717) is 34.8 Å². The fourth-order valence-electron chi connectivity index (χ4n) is 5.16. The number of nitrogen functional groups attached to an aromatic ring is 1. The number of aryl methyl sites for hydroxylation is 2. The molecule has 0 atom stereocenters. The number of nitrogens with one attached hydrogen (secondary N) is 1. The van der Waals surface area contributed by atoms with E-state index in [1.54, 1.807) is 30.2 Å². The van der Waals surface area contributed by atoms with Crippen LogP contribution < -0.4 is 16.6 Å². The second-order valence-electron chi connectivity index (χ2n) is 9.74. The number of piperidine rings is 1. The SMILES string of the molecule is Cc1cc(Nc2nc(-c3cnc(N)nc3)cc3ccn(C)c(=O)c23)ccc1C1CCN(CCCF)CC1. The first kappa shape index (κ1) is 24.8. The summed E-state index contributed by atoms with van der Waals surface area (Å²) in [4.78, 5) is 28.4. The van der Waals surface area contributed by atoms with E-state index in [0.717, 1.165) is 43.5 Å². The van der Waals surface area contributed by atoms with Crippen molar-refractivity contribution in [3.63, 3.8) is 0 Å². The second kappa shape index (κ2) is 10.6. The summed E-state index contributed by atoms with van der Waals surface area (Å²) in [5.74, 6) is 1.17. The van der Waals surface area contributed by atoms with E-state index < -0.39 is 0 Å². The Kier molecular flexibility index (Phi) is 7.14. The van der Waals surface area contributed by atoms with Crippen LogP contribution in [-0.2, 0) is 7.05 Å². The molecule has 0 saturated carbocycles. The largest absolute Gasteiger partial charge is 0.368 e. The standard InChI is InChI=1S/C28H32FN7O/c1-18-14-22(4-5-23(18)19-7-12-36(13-8-19)10-3-9-29)33-26-25-20(6-11-35(2)27(25)37)15-24(34-26)21-16-31-28(30)32-17-21/h4-6,11,14-17,19H,3,7-10,12-13H2,1-2H3,(H,33,34)(H2,30,31,32). The maximum absolute atomic E-state index is 13.1. The fourth-order valence-corrected chi connectivity index (χ4v) is 5.16. The molecule has 9 heteroatoms. The smallest absolute Gasteiger partial charge is 0.261 e. The lowest BCUT2D eigenvalue weighted by Gasteiger charge is -2.32. The zero-order valence-electron chi connectivity index (χ0n) is 21.2. The van der Waals surface area contributed by atoms with Crippen LogP contribution in [0.15, 0.2) is 53.7 Å². The Bertz CT molecular complexity index is 1460. The highest BCUT2D eigenvalue weighted by Crippen LogP contribution is 2.33. The molecule has 3 N–H and O–H groups in total. The highest BCUT2D eigenvalue weighted by molar-refractivity contribution is 5.95. The average Bonchev–Trinajstić information content (AvgIpc) is 2.90. The number of likely N-dealkylation sites (tertiary alicyclic amines) is 1. The Balaban J connectivity index is 1.44. The molecule has 3 aromatic heterocycles. The van der Waals surface area contributed by atoms with E-state index in [9.17, 15) is 9.18 Å². The number of alkyl halides is 1. The molecule has 0 aliphatic carbocycles. The molecule has 1 fully saturated rings. The molecule has 0 unspecified atom stereocenters. The molecular formula is C28H32FN7O. The van der Waals surface area contributed by atoms with Gasteiger partial charge in [-0.3, -0.25) is 9.18 Å². The number of hydrogen-bond donors (Lipinski definition) is 2. The van der Waals surface area contributed by atoms with Crippen LogP contribution in [0.4, 0.5) is 21.8 Å². The van der Waals surface area contributed by atoms with E-state index in [2.05, 4.69) is 45.3 Å². The van der Waals surface area contributed by atoms with Crippen LogP contribution in [-0.4, -0.2) is 50.7 Å². The molecule has 4 heterocycles. The molecule has 0 bridgehead atoms. The monoisotopic (exact) mass is 501 g/mol. The van der Waals surface area contributed by atoms with Crippen LogP contribution in [0, 0.1) is 6.92 Å². The number of rotatable bonds is 7. The molecular weight excluding hydrogens is 469 g/mol. The topological polar surface area (TPSA) is 102 Å². The third-order valence-electron chi connectivity index (χ3n) is 7.20. The molecule has 0 radical (unpaired) electrons. The number of aromatic nitrogens is 4. The highest BCUT2D eigenvalue weighted by Gasteiger charge is 2.22. The third kappa shape index (κ3) is 5.32. The summed E-state index contributed by atoms with van der Waals surface area (Å²) in [6.45, 7) is 4.73. The van der Waals surface area contributed by atoms with Crippen molar-refractivity contribution in [2.45, 2.75) is 32.1 Å². The maximum Gasteiger partial charge on any atom is 0.261 e. The summed E-state index contributed by atoms with van der Waals surface area (Å²) >= 11 is 0. The Morgan fingerprint density at radius 3 is 2.59 bits per heavy atom. The first-order chi connectivity index (χ1) is 17.9. The minimum atomic E-state index is -0.250. The lowest BCUT2D eigenvalue weighted by atomic mass is 9.86. The van der Waals surface area contributed by atoms with Crippen molar-refractivity contribution in [2.75, 3.05) is 37.4 Å². The second-order valence-corrected chi connectivity index (χ2v) is 9.74. The van der Waals surface area contributed by atoms with Crippen molar-refractivity contribution >= 4 is 28.2 Å². The first-order valence-electron chi connectivity index (χ1n) is 12.7. The molecule has 192 valence electrons. The van der Waals surface area contributed by atoms with Gasteiger partial charge in [-0.2, -0.15) is 0 Å². The third-order valence-corrected chi connectivity index (χ3v) is 7.20. The normalized spacial score (nSPS) is 14.8. The van der Waals surface area contributed by atoms with E-state index in [1.165, 1.54) is 11.1 Å². The van der Waals surface area contributed by atoms with E-state index in [-0.39, 0.29) is 18.2 Å². The van der Waals surface area contributed by atoms with Gasteiger partial charge in [0.2, 0.25) is 5.95 Å². The number of nitrogens with zero attached hydrogens (tertiary/aromatic N) is 5. The minimum Gasteiger partial charge on any atom is -0.368 e. The summed E-state index contributed by atoms with van der Waals surface area (Å²) in [6.07, 6.45) is 7.77. The van der Waals surface area contributed by atoms with E-state index in [1.807, 2.05) is 12.1 Å². The molecule has 8 nitrogen and oxygen atoms in total. The van der Waals surface area contributed by atoms with Crippen molar-refractivity contribution in [1.82, 2.24) is 24.4 Å². The van der Waals surface area contributed by atoms with Gasteiger partial charge < -0.3 is 20.5 Å². The average molecular weight is 502 g/mol. The van der Waals surface area contributed by atoms with Crippen LogP contribution >= 0.6 is 0 Å². The number of pyridine rings is 2. The molecule has 1 aliphatic heterocycles. The fraction of sp³-hybridized carbons (Fsp3) is 0.357. The van der Waals surface area contributed by atoms with Gasteiger partial charge in [0.25, 0.3) is 5.56 Å². The highest BCUT2D eigenvalue weighted by atomic mass is 19.1. The molecule has 0 amide bonds. The molecule has 5 rings (SSSR count). The van der Waals surface area contributed by atoms with Gasteiger partial charge in [-0.15, -0.1) is 0 Å². The van der Waals surface area contributed by atoms with E-state index in [4.69, 9.17) is 10.7 Å².